The molecule has 0 nitrogen and oxygen atoms in total. The largest absolute Gasteiger partial charge is 0.0616 e. The number of rotatable bonds is 2. The van der Waals surface area contributed by atoms with Crippen molar-refractivity contribution in [2.45, 2.75) is 102 Å². The van der Waals surface area contributed by atoms with Crippen molar-refractivity contribution in [3.8, 4) is 0 Å². The molecule has 9 fully saturated rings. The van der Waals surface area contributed by atoms with Crippen LogP contribution in [0.3, 0.4) is 0 Å². The van der Waals surface area contributed by atoms with E-state index in [9.17, 15) is 0 Å². The Morgan fingerprint density at radius 3 is 1.19 bits per heavy atom. The smallest absolute Gasteiger partial charge is 0.00905 e. The second-order valence-electron chi connectivity index (χ2n) is 20.7. The maximum absolute atomic E-state index is 2.65. The molecule has 14 atom stereocenters. The third-order valence-corrected chi connectivity index (χ3v) is 19.8. The van der Waals surface area contributed by atoms with E-state index >= 15 is 0 Å². The van der Waals surface area contributed by atoms with Crippen LogP contribution in [0.4, 0.5) is 0 Å². The third kappa shape index (κ3) is 4.02. The van der Waals surface area contributed by atoms with E-state index in [-0.39, 0.29) is 0 Å². The number of hydrogen-bond acceptors (Lipinski definition) is 0. The summed E-state index contributed by atoms with van der Waals surface area (Å²) in [6.07, 6.45) is 21.7. The van der Waals surface area contributed by atoms with Gasteiger partial charge in [-0.15, -0.1) is 0 Å². The summed E-state index contributed by atoms with van der Waals surface area (Å²) >= 11 is 0. The first-order valence-electron chi connectivity index (χ1n) is 22.8. The van der Waals surface area contributed by atoms with Crippen LogP contribution in [0.5, 0.6) is 0 Å². The van der Waals surface area contributed by atoms with Crippen LogP contribution in [-0.2, 0) is 0 Å². The van der Waals surface area contributed by atoms with Gasteiger partial charge in [-0.2, -0.15) is 0 Å². The van der Waals surface area contributed by atoms with Gasteiger partial charge < -0.3 is 0 Å². The monoisotopic (exact) mass is 684 g/mol. The summed E-state index contributed by atoms with van der Waals surface area (Å²) in [4.78, 5) is 0. The van der Waals surface area contributed by atoms with Crippen LogP contribution in [-0.4, -0.2) is 0 Å². The van der Waals surface area contributed by atoms with Gasteiger partial charge in [-0.3, -0.25) is 0 Å². The van der Waals surface area contributed by atoms with Crippen LogP contribution in [0, 0.1) is 94.7 Å². The van der Waals surface area contributed by atoms with E-state index in [1.165, 1.54) is 36.5 Å². The fraction of sp³-hybridized carbons (Fsp3) is 0.615. The van der Waals surface area contributed by atoms with E-state index < -0.39 is 0 Å². The summed E-state index contributed by atoms with van der Waals surface area (Å²) in [6.45, 7) is 0. The number of fused-ring (bicyclic) bond motifs is 8. The Balaban J connectivity index is 0.999. The molecule has 0 aliphatic heterocycles. The summed E-state index contributed by atoms with van der Waals surface area (Å²) < 4.78 is 0. The summed E-state index contributed by atoms with van der Waals surface area (Å²) in [7, 11) is 0. The quantitative estimate of drug-likeness (QED) is 0.197. The van der Waals surface area contributed by atoms with Crippen molar-refractivity contribution >= 4 is 21.5 Å². The molecule has 14 unspecified atom stereocenters. The zero-order valence-corrected chi connectivity index (χ0v) is 31.4. The third-order valence-electron chi connectivity index (χ3n) is 19.8. The van der Waals surface area contributed by atoms with Crippen molar-refractivity contribution in [1.29, 1.82) is 0 Å². The molecule has 9 aliphatic carbocycles. The fourth-order valence-corrected chi connectivity index (χ4v) is 19.0. The molecule has 0 N–H and O–H groups in total. The first-order valence-corrected chi connectivity index (χ1v) is 22.8. The second kappa shape index (κ2) is 11.5. The molecule has 13 rings (SSSR count). The van der Waals surface area contributed by atoms with Crippen molar-refractivity contribution in [3.05, 3.63) is 96.1 Å². The highest BCUT2D eigenvalue weighted by molar-refractivity contribution is 5.87. The Bertz CT molecular complexity index is 1870. The Kier molecular flexibility index (Phi) is 6.77. The summed E-state index contributed by atoms with van der Waals surface area (Å²) in [5.41, 5.74) is 3.53. The Morgan fingerprint density at radius 1 is 0.288 bits per heavy atom. The minimum atomic E-state index is 0.735. The predicted molar refractivity (Wildman–Crippen MR) is 214 cm³/mol. The summed E-state index contributed by atoms with van der Waals surface area (Å²) in [6, 6.07) is 34.1. The highest BCUT2D eigenvalue weighted by Gasteiger charge is 2.70. The van der Waals surface area contributed by atoms with E-state index in [0.29, 0.717) is 0 Å². The highest BCUT2D eigenvalue weighted by Crippen LogP contribution is 2.77. The minimum Gasteiger partial charge on any atom is -0.0616 e. The van der Waals surface area contributed by atoms with E-state index in [4.69, 9.17) is 0 Å². The lowest BCUT2D eigenvalue weighted by Gasteiger charge is -2.65. The van der Waals surface area contributed by atoms with Crippen molar-refractivity contribution < 1.29 is 0 Å². The van der Waals surface area contributed by atoms with E-state index in [1.54, 1.807) is 86.1 Å². The zero-order valence-electron chi connectivity index (χ0n) is 31.4. The van der Waals surface area contributed by atoms with Crippen molar-refractivity contribution in [2.75, 3.05) is 0 Å². The average molecular weight is 685 g/mol. The molecule has 52 heavy (non-hydrogen) atoms. The molecule has 0 radical (unpaired) electrons. The Hall–Kier alpha value is -2.60. The minimum absolute atomic E-state index is 0.735. The lowest BCUT2D eigenvalue weighted by atomic mass is 9.40. The lowest BCUT2D eigenvalue weighted by Crippen LogP contribution is -2.59. The van der Waals surface area contributed by atoms with E-state index in [2.05, 4.69) is 84.9 Å². The predicted octanol–water partition coefficient (Wildman–Crippen LogP) is 13.3. The van der Waals surface area contributed by atoms with Crippen LogP contribution >= 0.6 is 0 Å². The first-order chi connectivity index (χ1) is 25.8. The molecule has 0 saturated heterocycles. The van der Waals surface area contributed by atoms with Crippen LogP contribution < -0.4 is 0 Å². The van der Waals surface area contributed by atoms with Gasteiger partial charge in [0.2, 0.25) is 0 Å². The van der Waals surface area contributed by atoms with Gasteiger partial charge in [-0.05, 0) is 216 Å². The SMILES string of the molecule is c1ccc2c(C3C4CCCCC4C(c4cccc5ccccc45)C4C5CCC6C7CCC8CCC9CCC(C%10CCC(C5C%106)C34)C7C98)cccc2c1. The Labute approximate surface area is 312 Å². The van der Waals surface area contributed by atoms with E-state index in [0.717, 1.165) is 107 Å². The molecule has 0 aromatic heterocycles. The van der Waals surface area contributed by atoms with Gasteiger partial charge >= 0.3 is 0 Å². The van der Waals surface area contributed by atoms with Gasteiger partial charge in [0.1, 0.15) is 0 Å². The standard InChI is InChI=1S/C52H60/c1-3-13-33-29(9-1)11-7-17-35(33)48-37-15-5-6-16-38(37)49(36-18-8-12-30-10-2-4-14-34(30)36)52-44-28-26-42-40-24-22-32-20-19-31-21-23-39(46(40)45(31)32)41-25-27-43(51(48)52)50(44)47(41)42/h1-4,7-14,17-18,31-32,37-52H,5-6,15-16,19-28H2. The molecule has 268 valence electrons. The maximum atomic E-state index is 2.65. The zero-order chi connectivity index (χ0) is 33.7. The molecule has 0 heteroatoms. The molecule has 4 aromatic carbocycles. The maximum Gasteiger partial charge on any atom is -0.00905 e. The van der Waals surface area contributed by atoms with Crippen LogP contribution in [0.1, 0.15) is 113 Å². The highest BCUT2D eigenvalue weighted by atomic mass is 14.7. The number of benzene rings is 4. The van der Waals surface area contributed by atoms with Gasteiger partial charge in [0, 0.05) is 0 Å². The summed E-state index contributed by atoms with van der Waals surface area (Å²) in [5.74, 6) is 17.5. The Morgan fingerprint density at radius 2 is 0.673 bits per heavy atom. The summed E-state index contributed by atoms with van der Waals surface area (Å²) in [5, 5.41) is 6.15. The molecule has 0 spiro atoms. The van der Waals surface area contributed by atoms with Gasteiger partial charge in [0.05, 0.1) is 0 Å². The van der Waals surface area contributed by atoms with Crippen LogP contribution in [0.25, 0.3) is 21.5 Å². The molecule has 0 amide bonds. The van der Waals surface area contributed by atoms with Crippen LogP contribution in [0.15, 0.2) is 84.9 Å². The first kappa shape index (κ1) is 30.7. The molecular formula is C52H60. The van der Waals surface area contributed by atoms with Gasteiger partial charge in [0.25, 0.3) is 0 Å². The lowest BCUT2D eigenvalue weighted by molar-refractivity contribution is -0.169. The van der Waals surface area contributed by atoms with Gasteiger partial charge in [0.15, 0.2) is 0 Å². The average Bonchev–Trinajstić information content (AvgIpc) is 3.78. The number of hydrogen-bond donors (Lipinski definition) is 0. The van der Waals surface area contributed by atoms with Gasteiger partial charge in [-0.1, -0.05) is 97.8 Å². The van der Waals surface area contributed by atoms with Crippen molar-refractivity contribution in [3.63, 3.8) is 0 Å². The molecule has 0 heterocycles. The second-order valence-corrected chi connectivity index (χ2v) is 20.7. The molecule has 9 aliphatic rings. The van der Waals surface area contributed by atoms with E-state index in [1.807, 2.05) is 0 Å². The van der Waals surface area contributed by atoms with Crippen LogP contribution in [0.2, 0.25) is 0 Å². The molecule has 9 saturated carbocycles. The topological polar surface area (TPSA) is 0 Å². The normalized spacial score (nSPS) is 48.1. The fourth-order valence-electron chi connectivity index (χ4n) is 19.0. The molecule has 0 bridgehead atoms. The van der Waals surface area contributed by atoms with Crippen molar-refractivity contribution in [2.24, 2.45) is 94.7 Å². The molecular weight excluding hydrogens is 625 g/mol. The molecule has 4 aromatic rings. The van der Waals surface area contributed by atoms with Crippen molar-refractivity contribution in [1.82, 2.24) is 0 Å². The van der Waals surface area contributed by atoms with Gasteiger partial charge in [-0.25, -0.2) is 0 Å².